The minimum Gasteiger partial charge on any atom is -0.618 e. The van der Waals surface area contributed by atoms with Crippen molar-refractivity contribution in [2.24, 2.45) is 0 Å². The Balaban J connectivity index is 2.24. The first-order chi connectivity index (χ1) is 9.07. The molecule has 1 aliphatic rings. The lowest BCUT2D eigenvalue weighted by atomic mass is 9.92. The molecule has 0 radical (unpaired) electrons. The highest BCUT2D eigenvalue weighted by Gasteiger charge is 2.29. The fourth-order valence-electron chi connectivity index (χ4n) is 2.37. The van der Waals surface area contributed by atoms with Crippen molar-refractivity contribution in [1.82, 2.24) is 0 Å². The van der Waals surface area contributed by atoms with Crippen LogP contribution in [0.4, 0.5) is 0 Å². The molecule has 0 aliphatic carbocycles. The second-order valence-electron chi connectivity index (χ2n) is 5.17. The molecule has 3 rings (SSSR count). The molecule has 3 heteroatoms. The van der Waals surface area contributed by atoms with E-state index in [4.69, 9.17) is 4.74 Å². The highest BCUT2D eigenvalue weighted by atomic mass is 16.5. The summed E-state index contributed by atoms with van der Waals surface area (Å²) < 4.78 is 6.82. The van der Waals surface area contributed by atoms with Crippen molar-refractivity contribution in [2.75, 3.05) is 0 Å². The van der Waals surface area contributed by atoms with E-state index in [2.05, 4.69) is 0 Å². The fourth-order valence-corrected chi connectivity index (χ4v) is 2.37. The number of pyridine rings is 1. The van der Waals surface area contributed by atoms with Gasteiger partial charge >= 0.3 is 0 Å². The van der Waals surface area contributed by atoms with Crippen LogP contribution in [0.2, 0.25) is 0 Å². The summed E-state index contributed by atoms with van der Waals surface area (Å²) in [5.74, 6) is 0.814. The summed E-state index contributed by atoms with van der Waals surface area (Å²) in [5, 5.41) is 12.0. The van der Waals surface area contributed by atoms with Gasteiger partial charge in [-0.1, -0.05) is 18.2 Å². The Kier molecular flexibility index (Phi) is 2.56. The van der Waals surface area contributed by atoms with Gasteiger partial charge in [0.15, 0.2) is 6.20 Å². The van der Waals surface area contributed by atoms with Gasteiger partial charge in [-0.05, 0) is 32.1 Å². The first kappa shape index (κ1) is 11.8. The number of nitrogens with zero attached hydrogens (tertiary/aromatic N) is 1. The van der Waals surface area contributed by atoms with Crippen molar-refractivity contribution in [1.29, 1.82) is 0 Å². The number of benzene rings is 1. The Labute approximate surface area is 112 Å². The van der Waals surface area contributed by atoms with Crippen LogP contribution in [-0.4, -0.2) is 5.60 Å². The van der Waals surface area contributed by atoms with Gasteiger partial charge in [-0.25, -0.2) is 0 Å². The lowest BCUT2D eigenvalue weighted by Gasteiger charge is -2.30. The molecule has 0 saturated carbocycles. The van der Waals surface area contributed by atoms with Crippen LogP contribution in [0.25, 0.3) is 5.57 Å². The fraction of sp³-hybridized carbons (Fsp3) is 0.188. The molecule has 0 unspecified atom stereocenters. The molecule has 1 aromatic heterocycles. The van der Waals surface area contributed by atoms with Crippen molar-refractivity contribution < 1.29 is 9.47 Å². The third kappa shape index (κ3) is 2.08. The van der Waals surface area contributed by atoms with Gasteiger partial charge in [0.05, 0.1) is 5.57 Å². The van der Waals surface area contributed by atoms with E-state index in [-0.39, 0.29) is 0 Å². The Hall–Kier alpha value is -2.29. The highest BCUT2D eigenvalue weighted by Crippen LogP contribution is 2.37. The quantitative estimate of drug-likeness (QED) is 0.578. The lowest BCUT2D eigenvalue weighted by molar-refractivity contribution is -0.608. The summed E-state index contributed by atoms with van der Waals surface area (Å²) in [6, 6.07) is 13.2. The molecule has 0 amide bonds. The Morgan fingerprint density at radius 1 is 1.05 bits per heavy atom. The SMILES string of the molecule is CC1(C)C=C(c2cccc[n+]2[O-])c2ccccc2O1. The molecule has 0 bridgehead atoms. The van der Waals surface area contributed by atoms with Gasteiger partial charge in [0.25, 0.3) is 0 Å². The van der Waals surface area contributed by atoms with Crippen molar-refractivity contribution >= 4 is 5.57 Å². The van der Waals surface area contributed by atoms with Gasteiger partial charge < -0.3 is 9.94 Å². The van der Waals surface area contributed by atoms with Crippen LogP contribution in [-0.2, 0) is 0 Å². The number of hydrogen-bond acceptors (Lipinski definition) is 2. The highest BCUT2D eigenvalue weighted by molar-refractivity contribution is 5.82. The molecule has 2 aromatic rings. The largest absolute Gasteiger partial charge is 0.618 e. The first-order valence-corrected chi connectivity index (χ1v) is 6.27. The minimum atomic E-state index is -0.424. The summed E-state index contributed by atoms with van der Waals surface area (Å²) in [6.07, 6.45) is 3.51. The van der Waals surface area contributed by atoms with E-state index in [1.807, 2.05) is 56.3 Å². The molecule has 0 fully saturated rings. The van der Waals surface area contributed by atoms with Crippen molar-refractivity contribution in [3.63, 3.8) is 0 Å². The van der Waals surface area contributed by atoms with E-state index >= 15 is 0 Å². The van der Waals surface area contributed by atoms with E-state index in [1.165, 1.54) is 6.20 Å². The smallest absolute Gasteiger partial charge is 0.224 e. The van der Waals surface area contributed by atoms with Gasteiger partial charge in [0.2, 0.25) is 5.69 Å². The average Bonchev–Trinajstić information content (AvgIpc) is 2.37. The molecule has 0 atom stereocenters. The zero-order valence-corrected chi connectivity index (χ0v) is 11.0. The monoisotopic (exact) mass is 253 g/mol. The summed E-state index contributed by atoms with van der Waals surface area (Å²) >= 11 is 0. The van der Waals surface area contributed by atoms with E-state index in [9.17, 15) is 5.21 Å². The number of rotatable bonds is 1. The number of para-hydroxylation sites is 1. The molecule has 1 aliphatic heterocycles. The molecule has 1 aromatic carbocycles. The Morgan fingerprint density at radius 3 is 2.58 bits per heavy atom. The molecule has 3 nitrogen and oxygen atoms in total. The van der Waals surface area contributed by atoms with Crippen LogP contribution in [0.5, 0.6) is 5.75 Å². The van der Waals surface area contributed by atoms with Gasteiger partial charge in [-0.3, -0.25) is 0 Å². The molecule has 96 valence electrons. The van der Waals surface area contributed by atoms with Gasteiger partial charge in [0.1, 0.15) is 11.4 Å². The molecule has 2 heterocycles. The maximum atomic E-state index is 12.0. The summed E-state index contributed by atoms with van der Waals surface area (Å²) in [4.78, 5) is 0. The van der Waals surface area contributed by atoms with Gasteiger partial charge in [-0.2, -0.15) is 4.73 Å². The zero-order chi connectivity index (χ0) is 13.5. The molecular formula is C16H15NO2. The van der Waals surface area contributed by atoms with E-state index in [0.717, 1.165) is 21.6 Å². The van der Waals surface area contributed by atoms with Gasteiger partial charge in [-0.15, -0.1) is 0 Å². The van der Waals surface area contributed by atoms with E-state index < -0.39 is 5.60 Å². The van der Waals surface area contributed by atoms with Crippen LogP contribution >= 0.6 is 0 Å². The van der Waals surface area contributed by atoms with Gasteiger partial charge in [0, 0.05) is 17.7 Å². The predicted molar refractivity (Wildman–Crippen MR) is 73.6 cm³/mol. The topological polar surface area (TPSA) is 36.2 Å². The van der Waals surface area contributed by atoms with Crippen molar-refractivity contribution in [3.05, 3.63) is 71.2 Å². The maximum Gasteiger partial charge on any atom is 0.224 e. The number of aromatic nitrogens is 1. The first-order valence-electron chi connectivity index (χ1n) is 6.27. The van der Waals surface area contributed by atoms with Crippen molar-refractivity contribution in [2.45, 2.75) is 19.4 Å². The van der Waals surface area contributed by atoms with Crippen molar-refractivity contribution in [3.8, 4) is 5.75 Å². The second-order valence-corrected chi connectivity index (χ2v) is 5.17. The van der Waals surface area contributed by atoms with E-state index in [0.29, 0.717) is 5.69 Å². The third-order valence-electron chi connectivity index (χ3n) is 3.14. The summed E-state index contributed by atoms with van der Waals surface area (Å²) in [7, 11) is 0. The second kappa shape index (κ2) is 4.12. The van der Waals surface area contributed by atoms with Crippen LogP contribution < -0.4 is 9.47 Å². The molecule has 0 spiro atoms. The average molecular weight is 253 g/mol. The van der Waals surface area contributed by atoms with Crippen LogP contribution in [0.3, 0.4) is 0 Å². The normalized spacial score (nSPS) is 16.2. The predicted octanol–water partition coefficient (Wildman–Crippen LogP) is 2.92. The molecular weight excluding hydrogens is 238 g/mol. The maximum absolute atomic E-state index is 12.0. The van der Waals surface area contributed by atoms with Crippen LogP contribution in [0.15, 0.2) is 54.7 Å². The molecule has 19 heavy (non-hydrogen) atoms. The minimum absolute atomic E-state index is 0.424. The van der Waals surface area contributed by atoms with Crippen LogP contribution in [0.1, 0.15) is 25.1 Å². The number of hydrogen-bond donors (Lipinski definition) is 0. The van der Waals surface area contributed by atoms with E-state index in [1.54, 1.807) is 6.07 Å². The Morgan fingerprint density at radius 2 is 1.79 bits per heavy atom. The lowest BCUT2D eigenvalue weighted by Crippen LogP contribution is -2.34. The molecule has 0 N–H and O–H groups in total. The number of fused-ring (bicyclic) bond motifs is 1. The Bertz CT molecular complexity index is 659. The standard InChI is InChI=1S/C16H15NO2/c1-16(2)11-13(14-8-5-6-10-17(14)18)12-7-3-4-9-15(12)19-16/h3-11H,1-2H3. The molecule has 0 saturated heterocycles. The zero-order valence-electron chi connectivity index (χ0n) is 11.0. The third-order valence-corrected chi connectivity index (χ3v) is 3.14. The van der Waals surface area contributed by atoms with Crippen LogP contribution in [0, 0.1) is 5.21 Å². The summed E-state index contributed by atoms with van der Waals surface area (Å²) in [5.41, 5.74) is 2.10. The summed E-state index contributed by atoms with van der Waals surface area (Å²) in [6.45, 7) is 3.97. The number of ether oxygens (including phenoxy) is 1.